The molecule has 0 aliphatic carbocycles. The van der Waals surface area contributed by atoms with Crippen LogP contribution >= 0.6 is 23.4 Å². The number of rotatable bonds is 6. The van der Waals surface area contributed by atoms with Gasteiger partial charge >= 0.3 is 0 Å². The van der Waals surface area contributed by atoms with Crippen molar-refractivity contribution in [1.82, 2.24) is 9.97 Å². The van der Waals surface area contributed by atoms with Gasteiger partial charge in [-0.2, -0.15) is 11.8 Å². The Labute approximate surface area is 154 Å². The molecular weight excluding hydrogens is 342 g/mol. The largest absolute Gasteiger partial charge is 0.477 e. The monoisotopic (exact) mass is 369 g/mol. The average Bonchev–Trinajstić information content (AvgIpc) is 2.55. The molecule has 6 heteroatoms. The fraction of sp³-hybridized carbons (Fsp3) is 0.556. The van der Waals surface area contributed by atoms with E-state index in [4.69, 9.17) is 22.1 Å². The van der Waals surface area contributed by atoms with E-state index >= 15 is 0 Å². The highest BCUT2D eigenvalue weighted by Gasteiger charge is 2.16. The highest BCUT2D eigenvalue weighted by atomic mass is 35.5. The molecule has 0 spiro atoms. The van der Waals surface area contributed by atoms with Gasteiger partial charge in [0.1, 0.15) is 5.15 Å². The number of aromatic nitrogens is 2. The molecule has 134 valence electrons. The predicted molar refractivity (Wildman–Crippen MR) is 106 cm³/mol. The van der Waals surface area contributed by atoms with Crippen LogP contribution in [0.3, 0.4) is 0 Å². The zero-order valence-corrected chi connectivity index (χ0v) is 16.8. The van der Waals surface area contributed by atoms with Gasteiger partial charge in [0.2, 0.25) is 5.88 Å². The fourth-order valence-electron chi connectivity index (χ4n) is 1.91. The van der Waals surface area contributed by atoms with Crippen molar-refractivity contribution in [3.8, 4) is 5.88 Å². The van der Waals surface area contributed by atoms with Gasteiger partial charge in [0.25, 0.3) is 0 Å². The van der Waals surface area contributed by atoms with E-state index in [2.05, 4.69) is 43.9 Å². The number of ether oxygens (including phenoxy) is 1. The smallest absolute Gasteiger partial charge is 0.222 e. The first-order valence-corrected chi connectivity index (χ1v) is 9.79. The van der Waals surface area contributed by atoms with Crippen LogP contribution in [0.25, 0.3) is 10.8 Å². The molecule has 0 radical (unpaired) electrons. The summed E-state index contributed by atoms with van der Waals surface area (Å²) in [5.74, 6) is 0.586. The van der Waals surface area contributed by atoms with E-state index in [-0.39, 0.29) is 4.75 Å². The lowest BCUT2D eigenvalue weighted by molar-refractivity contribution is 0.290. The third kappa shape index (κ3) is 6.11. The summed E-state index contributed by atoms with van der Waals surface area (Å²) in [7, 11) is 0. The maximum Gasteiger partial charge on any atom is 0.222 e. The van der Waals surface area contributed by atoms with Gasteiger partial charge < -0.3 is 10.5 Å². The first kappa shape index (κ1) is 21.0. The first-order chi connectivity index (χ1) is 11.4. The highest BCUT2D eigenvalue weighted by molar-refractivity contribution is 7.99. The SMILES string of the molecule is CCC.CSC(C)(C)CCOc1ncc(CN)c2cc(Cl)ncc12. The van der Waals surface area contributed by atoms with Crippen LogP contribution in [-0.4, -0.2) is 27.6 Å². The van der Waals surface area contributed by atoms with Crippen LogP contribution in [0.1, 0.15) is 46.1 Å². The molecule has 0 bridgehead atoms. The standard InChI is InChI=1S/C15H20ClN3OS.C3H8/c1-15(2,21-3)4-5-20-14-12-9-18-13(16)6-11(12)10(7-17)8-19-14;1-3-2/h6,8-9H,4-5,7,17H2,1-3H3;3H2,1-2H3. The quantitative estimate of drug-likeness (QED) is 0.720. The minimum absolute atomic E-state index is 0.189. The van der Waals surface area contributed by atoms with E-state index in [9.17, 15) is 0 Å². The van der Waals surface area contributed by atoms with Crippen molar-refractivity contribution in [1.29, 1.82) is 0 Å². The van der Waals surface area contributed by atoms with Gasteiger partial charge in [-0.1, -0.05) is 45.7 Å². The molecule has 0 fully saturated rings. The third-order valence-corrected chi connectivity index (χ3v) is 5.02. The minimum atomic E-state index is 0.189. The van der Waals surface area contributed by atoms with Crippen molar-refractivity contribution in [2.24, 2.45) is 5.73 Å². The normalized spacial score (nSPS) is 11.1. The number of halogens is 1. The van der Waals surface area contributed by atoms with E-state index in [1.54, 1.807) is 18.5 Å². The molecule has 0 saturated carbocycles. The van der Waals surface area contributed by atoms with Crippen molar-refractivity contribution < 1.29 is 4.74 Å². The lowest BCUT2D eigenvalue weighted by Crippen LogP contribution is -2.18. The Morgan fingerprint density at radius 3 is 2.46 bits per heavy atom. The summed E-state index contributed by atoms with van der Waals surface area (Å²) in [5, 5.41) is 2.24. The second kappa shape index (κ2) is 10.1. The number of nitrogens with two attached hydrogens (primary N) is 1. The van der Waals surface area contributed by atoms with Crippen LogP contribution in [0, 0.1) is 0 Å². The minimum Gasteiger partial charge on any atom is -0.477 e. The summed E-state index contributed by atoms with van der Waals surface area (Å²) in [6.45, 7) is 9.67. The second-order valence-electron chi connectivity index (χ2n) is 6.11. The summed E-state index contributed by atoms with van der Waals surface area (Å²) in [6.07, 6.45) is 7.74. The molecule has 0 aliphatic heterocycles. The Kier molecular flexibility index (Phi) is 8.81. The molecule has 0 atom stereocenters. The lowest BCUT2D eigenvalue weighted by atomic mass is 10.1. The van der Waals surface area contributed by atoms with Crippen LogP contribution in [0.2, 0.25) is 5.15 Å². The molecule has 0 amide bonds. The molecule has 2 rings (SSSR count). The van der Waals surface area contributed by atoms with Gasteiger partial charge in [-0.3, -0.25) is 0 Å². The predicted octanol–water partition coefficient (Wildman–Crippen LogP) is 5.07. The molecule has 2 aromatic rings. The maximum atomic E-state index is 5.97. The summed E-state index contributed by atoms with van der Waals surface area (Å²) in [4.78, 5) is 8.48. The molecular formula is C18H28ClN3OS. The Bertz CT molecular complexity index is 649. The van der Waals surface area contributed by atoms with Crippen molar-refractivity contribution in [2.75, 3.05) is 12.9 Å². The zero-order chi connectivity index (χ0) is 18.2. The van der Waals surface area contributed by atoms with Crippen molar-refractivity contribution in [2.45, 2.75) is 51.8 Å². The molecule has 4 nitrogen and oxygen atoms in total. The van der Waals surface area contributed by atoms with E-state index in [0.717, 1.165) is 22.8 Å². The number of hydrogen-bond acceptors (Lipinski definition) is 5. The van der Waals surface area contributed by atoms with Gasteiger partial charge in [-0.05, 0) is 29.7 Å². The Morgan fingerprint density at radius 2 is 1.88 bits per heavy atom. The number of thioether (sulfide) groups is 1. The Morgan fingerprint density at radius 1 is 1.21 bits per heavy atom. The first-order valence-electron chi connectivity index (χ1n) is 8.19. The van der Waals surface area contributed by atoms with E-state index < -0.39 is 0 Å². The fourth-order valence-corrected chi connectivity index (χ4v) is 2.36. The summed E-state index contributed by atoms with van der Waals surface area (Å²) in [6, 6.07) is 1.81. The molecule has 24 heavy (non-hydrogen) atoms. The second-order valence-corrected chi connectivity index (χ2v) is 8.02. The summed E-state index contributed by atoms with van der Waals surface area (Å²) in [5.41, 5.74) is 6.68. The van der Waals surface area contributed by atoms with E-state index in [0.29, 0.717) is 24.2 Å². The van der Waals surface area contributed by atoms with Gasteiger partial charge in [0, 0.05) is 23.7 Å². The lowest BCUT2D eigenvalue weighted by Gasteiger charge is -2.21. The van der Waals surface area contributed by atoms with Crippen molar-refractivity contribution in [3.63, 3.8) is 0 Å². The summed E-state index contributed by atoms with van der Waals surface area (Å²) < 4.78 is 6.04. The molecule has 0 unspecified atom stereocenters. The molecule has 0 aromatic carbocycles. The Hall–Kier alpha value is -1.04. The number of fused-ring (bicyclic) bond motifs is 1. The van der Waals surface area contributed by atoms with Gasteiger partial charge in [-0.15, -0.1) is 0 Å². The molecule has 0 aliphatic rings. The molecule has 2 aromatic heterocycles. The maximum absolute atomic E-state index is 5.97. The average molecular weight is 370 g/mol. The molecule has 2 N–H and O–H groups in total. The van der Waals surface area contributed by atoms with Crippen LogP contribution in [-0.2, 0) is 6.54 Å². The number of nitrogens with zero attached hydrogens (tertiary/aromatic N) is 2. The zero-order valence-electron chi connectivity index (χ0n) is 15.2. The third-order valence-electron chi connectivity index (χ3n) is 3.50. The number of pyridine rings is 2. The van der Waals surface area contributed by atoms with Gasteiger partial charge in [0.15, 0.2) is 0 Å². The van der Waals surface area contributed by atoms with Crippen molar-refractivity contribution in [3.05, 3.63) is 29.2 Å². The van der Waals surface area contributed by atoms with E-state index in [1.165, 1.54) is 6.42 Å². The molecule has 0 saturated heterocycles. The van der Waals surface area contributed by atoms with Gasteiger partial charge in [-0.25, -0.2) is 9.97 Å². The van der Waals surface area contributed by atoms with E-state index in [1.807, 2.05) is 11.8 Å². The number of hydrogen-bond donors (Lipinski definition) is 1. The Balaban J connectivity index is 0.000000891. The molecule has 2 heterocycles. The van der Waals surface area contributed by atoms with Crippen LogP contribution in [0.15, 0.2) is 18.5 Å². The van der Waals surface area contributed by atoms with Crippen LogP contribution in [0.4, 0.5) is 0 Å². The van der Waals surface area contributed by atoms with Crippen molar-refractivity contribution >= 4 is 34.1 Å². The van der Waals surface area contributed by atoms with Crippen LogP contribution < -0.4 is 10.5 Å². The van der Waals surface area contributed by atoms with Crippen LogP contribution in [0.5, 0.6) is 5.88 Å². The highest BCUT2D eigenvalue weighted by Crippen LogP contribution is 2.29. The summed E-state index contributed by atoms with van der Waals surface area (Å²) >= 11 is 7.79. The van der Waals surface area contributed by atoms with Gasteiger partial charge in [0.05, 0.1) is 12.0 Å². The topological polar surface area (TPSA) is 61.0 Å².